The molecule has 0 atom stereocenters. The highest BCUT2D eigenvalue weighted by Gasteiger charge is 2.23. The number of nitro groups is 1. The van der Waals surface area contributed by atoms with Gasteiger partial charge in [-0.15, -0.1) is 0 Å². The molecule has 0 radical (unpaired) electrons. The third-order valence-corrected chi connectivity index (χ3v) is 2.61. The monoisotopic (exact) mass is 281 g/mol. The molecular weight excluding hydrogens is 270 g/mol. The average molecular weight is 281 g/mol. The number of aromatic nitrogens is 4. The molecule has 106 valence electrons. The summed E-state index contributed by atoms with van der Waals surface area (Å²) in [5.74, 6) is 4.07. The van der Waals surface area contributed by atoms with Gasteiger partial charge in [0.15, 0.2) is 5.82 Å². The Hall–Kier alpha value is -2.82. The summed E-state index contributed by atoms with van der Waals surface area (Å²) in [7, 11) is 0. The second-order valence-corrected chi connectivity index (χ2v) is 3.92. The molecule has 2 heterocycles. The maximum Gasteiger partial charge on any atom is 0.323 e. The lowest BCUT2D eigenvalue weighted by molar-refractivity contribution is -0.386. The van der Waals surface area contributed by atoms with Crippen molar-refractivity contribution in [1.29, 1.82) is 0 Å². The van der Waals surface area contributed by atoms with Crippen molar-refractivity contribution in [3.05, 3.63) is 33.2 Å². The molecule has 0 fully saturated rings. The molecule has 0 saturated heterocycles. The Balaban J connectivity index is 2.27. The van der Waals surface area contributed by atoms with Crippen molar-refractivity contribution in [1.82, 2.24) is 25.3 Å². The molecule has 0 saturated carbocycles. The van der Waals surface area contributed by atoms with Gasteiger partial charge in [0.1, 0.15) is 17.9 Å². The maximum absolute atomic E-state index is 11.1. The Labute approximate surface area is 111 Å². The van der Waals surface area contributed by atoms with Gasteiger partial charge in [-0.05, 0) is 13.8 Å². The zero-order valence-corrected chi connectivity index (χ0v) is 10.7. The number of nitrogen functional groups attached to an aromatic ring is 1. The van der Waals surface area contributed by atoms with Crippen molar-refractivity contribution in [2.24, 2.45) is 5.84 Å². The van der Waals surface area contributed by atoms with Crippen molar-refractivity contribution in [3.8, 4) is 0 Å². The Morgan fingerprint density at radius 1 is 1.55 bits per heavy atom. The highest BCUT2D eigenvalue weighted by Crippen LogP contribution is 2.22. The molecule has 0 aliphatic heterocycles. The molecule has 0 aromatic carbocycles. The largest absolute Gasteiger partial charge is 0.328 e. The minimum atomic E-state index is -0.719. The van der Waals surface area contributed by atoms with Gasteiger partial charge in [0, 0.05) is 0 Å². The number of rotatable bonds is 4. The van der Waals surface area contributed by atoms with Crippen LogP contribution in [-0.4, -0.2) is 30.8 Å². The van der Waals surface area contributed by atoms with Gasteiger partial charge in [0.2, 0.25) is 0 Å². The van der Waals surface area contributed by atoms with Crippen LogP contribution in [0.25, 0.3) is 0 Å². The standard InChI is InChI=1S/C9H11N7O4/c1-4-7(16(18)19)5(2)15(13-4)3-6-11-9(20-14-6)8(17)12-10/h3,10H2,1-2H3,(H,12,17). The number of carbonyl (C=O) groups excluding carboxylic acids is 1. The SMILES string of the molecule is Cc1nn(Cc2noc(C(=O)NN)n2)c(C)c1[N+](=O)[O-]. The first-order chi connectivity index (χ1) is 9.43. The fourth-order valence-electron chi connectivity index (χ4n) is 1.71. The second-order valence-electron chi connectivity index (χ2n) is 3.92. The van der Waals surface area contributed by atoms with Gasteiger partial charge in [-0.25, -0.2) is 5.84 Å². The lowest BCUT2D eigenvalue weighted by atomic mass is 10.3. The molecule has 0 aliphatic carbocycles. The van der Waals surface area contributed by atoms with Crippen LogP contribution >= 0.6 is 0 Å². The van der Waals surface area contributed by atoms with Gasteiger partial charge < -0.3 is 4.52 Å². The van der Waals surface area contributed by atoms with Crippen LogP contribution in [0.2, 0.25) is 0 Å². The van der Waals surface area contributed by atoms with E-state index in [1.165, 1.54) is 11.6 Å². The van der Waals surface area contributed by atoms with Crippen molar-refractivity contribution in [2.75, 3.05) is 0 Å². The normalized spacial score (nSPS) is 10.6. The molecule has 2 rings (SSSR count). The van der Waals surface area contributed by atoms with E-state index in [1.54, 1.807) is 6.92 Å². The summed E-state index contributed by atoms with van der Waals surface area (Å²) in [5, 5.41) is 18.5. The fourth-order valence-corrected chi connectivity index (χ4v) is 1.71. The van der Waals surface area contributed by atoms with E-state index in [2.05, 4.69) is 19.8 Å². The minimum Gasteiger partial charge on any atom is -0.328 e. The van der Waals surface area contributed by atoms with Crippen LogP contribution in [0.1, 0.15) is 27.9 Å². The van der Waals surface area contributed by atoms with Crippen LogP contribution in [0.3, 0.4) is 0 Å². The summed E-state index contributed by atoms with van der Waals surface area (Å²) in [4.78, 5) is 25.3. The number of nitrogens with one attached hydrogen (secondary N) is 1. The van der Waals surface area contributed by atoms with Crippen molar-refractivity contribution >= 4 is 11.6 Å². The molecule has 2 aromatic heterocycles. The summed E-state index contributed by atoms with van der Waals surface area (Å²) < 4.78 is 6.05. The van der Waals surface area contributed by atoms with Crippen LogP contribution in [0.5, 0.6) is 0 Å². The number of hydrogen-bond acceptors (Lipinski definition) is 8. The number of nitrogens with two attached hydrogens (primary N) is 1. The van der Waals surface area contributed by atoms with Crippen LogP contribution in [0.4, 0.5) is 5.69 Å². The summed E-state index contributed by atoms with van der Waals surface area (Å²) in [6, 6.07) is 0. The predicted molar refractivity (Wildman–Crippen MR) is 63.4 cm³/mol. The maximum atomic E-state index is 11.1. The lowest BCUT2D eigenvalue weighted by Crippen LogP contribution is -2.30. The van der Waals surface area contributed by atoms with Gasteiger partial charge in [-0.3, -0.25) is 25.0 Å². The van der Waals surface area contributed by atoms with E-state index >= 15 is 0 Å². The predicted octanol–water partition coefficient (Wildman–Crippen LogP) is -0.557. The number of nitrogens with zero attached hydrogens (tertiary/aromatic N) is 5. The first-order valence-electron chi connectivity index (χ1n) is 5.46. The van der Waals surface area contributed by atoms with Crippen LogP contribution in [-0.2, 0) is 6.54 Å². The molecule has 11 heteroatoms. The topological polar surface area (TPSA) is 155 Å². The zero-order chi connectivity index (χ0) is 14.9. The summed E-state index contributed by atoms with van der Waals surface area (Å²) in [5.41, 5.74) is 2.44. The van der Waals surface area contributed by atoms with Gasteiger partial charge >= 0.3 is 17.5 Å². The fraction of sp³-hybridized carbons (Fsp3) is 0.333. The van der Waals surface area contributed by atoms with Gasteiger partial charge in [0.25, 0.3) is 0 Å². The molecule has 0 bridgehead atoms. The van der Waals surface area contributed by atoms with Gasteiger partial charge in [0.05, 0.1) is 4.92 Å². The highest BCUT2D eigenvalue weighted by atomic mass is 16.6. The van der Waals surface area contributed by atoms with Crippen LogP contribution in [0.15, 0.2) is 4.52 Å². The number of amides is 1. The summed E-state index contributed by atoms with van der Waals surface area (Å²) in [6.45, 7) is 3.14. The van der Waals surface area contributed by atoms with E-state index in [-0.39, 0.29) is 29.6 Å². The van der Waals surface area contributed by atoms with Crippen LogP contribution < -0.4 is 11.3 Å². The highest BCUT2D eigenvalue weighted by molar-refractivity contribution is 5.88. The molecular formula is C9H11N7O4. The van der Waals surface area contributed by atoms with E-state index in [9.17, 15) is 14.9 Å². The third-order valence-electron chi connectivity index (χ3n) is 2.61. The molecule has 0 aliphatic rings. The first kappa shape index (κ1) is 13.6. The van der Waals surface area contributed by atoms with Crippen molar-refractivity contribution in [2.45, 2.75) is 20.4 Å². The Kier molecular flexibility index (Phi) is 3.43. The van der Waals surface area contributed by atoms with E-state index in [1.807, 2.05) is 5.43 Å². The number of hydrazine groups is 1. The molecule has 1 amide bonds. The molecule has 11 nitrogen and oxygen atoms in total. The van der Waals surface area contributed by atoms with E-state index in [4.69, 9.17) is 5.84 Å². The van der Waals surface area contributed by atoms with E-state index < -0.39 is 10.8 Å². The Bertz CT molecular complexity index is 674. The Morgan fingerprint density at radius 3 is 2.80 bits per heavy atom. The number of aryl methyl sites for hydroxylation is 1. The average Bonchev–Trinajstić information content (AvgIpc) is 2.95. The van der Waals surface area contributed by atoms with Crippen molar-refractivity contribution in [3.63, 3.8) is 0 Å². The minimum absolute atomic E-state index is 0.0435. The summed E-state index contributed by atoms with van der Waals surface area (Å²) in [6.07, 6.45) is 0. The smallest absolute Gasteiger partial charge is 0.323 e. The first-order valence-corrected chi connectivity index (χ1v) is 5.46. The zero-order valence-electron chi connectivity index (χ0n) is 10.7. The molecule has 3 N–H and O–H groups in total. The van der Waals surface area contributed by atoms with Crippen LogP contribution in [0, 0.1) is 24.0 Å². The molecule has 2 aromatic rings. The summed E-state index contributed by atoms with van der Waals surface area (Å²) >= 11 is 0. The van der Waals surface area contributed by atoms with Gasteiger partial charge in [-0.2, -0.15) is 10.1 Å². The third kappa shape index (κ3) is 2.33. The quantitative estimate of drug-likeness (QED) is 0.327. The van der Waals surface area contributed by atoms with Gasteiger partial charge in [-0.1, -0.05) is 5.16 Å². The van der Waals surface area contributed by atoms with E-state index in [0.29, 0.717) is 5.69 Å². The number of hydrogen-bond donors (Lipinski definition) is 2. The number of carbonyl (C=O) groups is 1. The molecule has 20 heavy (non-hydrogen) atoms. The second kappa shape index (κ2) is 5.05. The van der Waals surface area contributed by atoms with Crippen molar-refractivity contribution < 1.29 is 14.2 Å². The molecule has 0 spiro atoms. The lowest BCUT2D eigenvalue weighted by Gasteiger charge is -1.98. The molecule has 0 unspecified atom stereocenters. The van der Waals surface area contributed by atoms with E-state index in [0.717, 1.165) is 0 Å². The Morgan fingerprint density at radius 2 is 2.25 bits per heavy atom.